The number of amides is 1. The van der Waals surface area contributed by atoms with E-state index in [0.717, 1.165) is 32.1 Å². The van der Waals surface area contributed by atoms with E-state index in [1.807, 2.05) is 27.7 Å². The summed E-state index contributed by atoms with van der Waals surface area (Å²) in [6.45, 7) is 7.88. The topological polar surface area (TPSA) is 87.7 Å². The SMILES string of the molecule is C[C@H](Sc1nnnn1C(C)(C)C)C(=O)N(C)C1(C#N)CCCCC1. The van der Waals surface area contributed by atoms with Crippen molar-refractivity contribution in [3.63, 3.8) is 0 Å². The van der Waals surface area contributed by atoms with E-state index in [2.05, 4.69) is 21.6 Å². The number of nitriles is 1. The van der Waals surface area contributed by atoms with Crippen LogP contribution < -0.4 is 0 Å². The van der Waals surface area contributed by atoms with Crippen molar-refractivity contribution in [3.8, 4) is 6.07 Å². The quantitative estimate of drug-likeness (QED) is 0.776. The van der Waals surface area contributed by atoms with Gasteiger partial charge in [-0.25, -0.2) is 4.68 Å². The Labute approximate surface area is 147 Å². The zero-order chi connectivity index (χ0) is 18.0. The van der Waals surface area contributed by atoms with Crippen LogP contribution >= 0.6 is 11.8 Å². The van der Waals surface area contributed by atoms with Crippen LogP contribution in [0.5, 0.6) is 0 Å². The first-order valence-corrected chi connectivity index (χ1v) is 9.24. The van der Waals surface area contributed by atoms with Crippen LogP contribution in [0, 0.1) is 11.3 Å². The van der Waals surface area contributed by atoms with E-state index in [1.165, 1.54) is 11.8 Å². The van der Waals surface area contributed by atoms with Crippen LogP contribution in [0.15, 0.2) is 5.16 Å². The van der Waals surface area contributed by atoms with Gasteiger partial charge in [0.05, 0.1) is 16.9 Å². The van der Waals surface area contributed by atoms with E-state index in [-0.39, 0.29) is 16.7 Å². The van der Waals surface area contributed by atoms with E-state index in [1.54, 1.807) is 16.6 Å². The molecule has 0 radical (unpaired) electrons. The van der Waals surface area contributed by atoms with Gasteiger partial charge in [-0.1, -0.05) is 31.0 Å². The molecule has 24 heavy (non-hydrogen) atoms. The maximum atomic E-state index is 12.9. The minimum Gasteiger partial charge on any atom is -0.326 e. The predicted molar refractivity (Wildman–Crippen MR) is 92.3 cm³/mol. The van der Waals surface area contributed by atoms with Crippen LogP contribution in [-0.2, 0) is 10.3 Å². The molecule has 1 aromatic rings. The van der Waals surface area contributed by atoms with Gasteiger partial charge in [0.2, 0.25) is 11.1 Å². The lowest BCUT2D eigenvalue weighted by atomic mass is 9.81. The molecule has 1 aliphatic rings. The molecule has 7 nitrogen and oxygen atoms in total. The van der Waals surface area contributed by atoms with Gasteiger partial charge in [0.1, 0.15) is 5.54 Å². The van der Waals surface area contributed by atoms with Crippen LogP contribution in [0.25, 0.3) is 0 Å². The summed E-state index contributed by atoms with van der Waals surface area (Å²) >= 11 is 1.34. The van der Waals surface area contributed by atoms with Crippen LogP contribution in [0.2, 0.25) is 0 Å². The lowest BCUT2D eigenvalue weighted by Crippen LogP contribution is -2.52. The number of carbonyl (C=O) groups is 1. The Morgan fingerprint density at radius 1 is 1.38 bits per heavy atom. The van der Waals surface area contributed by atoms with Gasteiger partial charge >= 0.3 is 0 Å². The molecule has 0 aromatic carbocycles. The number of carbonyl (C=O) groups excluding carboxylic acids is 1. The molecule has 0 saturated heterocycles. The average Bonchev–Trinajstić information content (AvgIpc) is 3.02. The van der Waals surface area contributed by atoms with E-state index < -0.39 is 5.54 Å². The molecule has 1 heterocycles. The second kappa shape index (κ2) is 7.09. The third-order valence-corrected chi connectivity index (χ3v) is 5.59. The first-order chi connectivity index (χ1) is 11.2. The van der Waals surface area contributed by atoms with Crippen molar-refractivity contribution in [2.24, 2.45) is 0 Å². The van der Waals surface area contributed by atoms with Gasteiger partial charge in [-0.05, 0) is 51.0 Å². The normalized spacial score (nSPS) is 18.7. The Kier molecular flexibility index (Phi) is 5.53. The summed E-state index contributed by atoms with van der Waals surface area (Å²) in [6, 6.07) is 2.40. The molecule has 0 bridgehead atoms. The molecule has 1 atom stereocenters. The first kappa shape index (κ1) is 18.7. The van der Waals surface area contributed by atoms with Crippen molar-refractivity contribution in [1.29, 1.82) is 5.26 Å². The Morgan fingerprint density at radius 2 is 2.00 bits per heavy atom. The smallest absolute Gasteiger partial charge is 0.236 e. The van der Waals surface area contributed by atoms with Crippen molar-refractivity contribution in [2.75, 3.05) is 7.05 Å². The number of aromatic nitrogens is 4. The molecule has 1 amide bonds. The summed E-state index contributed by atoms with van der Waals surface area (Å²) in [5, 5.41) is 21.7. The highest BCUT2D eigenvalue weighted by Gasteiger charge is 2.40. The molecule has 8 heteroatoms. The summed E-state index contributed by atoms with van der Waals surface area (Å²) < 4.78 is 1.72. The minimum absolute atomic E-state index is 0.0492. The van der Waals surface area contributed by atoms with Crippen molar-refractivity contribution in [3.05, 3.63) is 0 Å². The second-order valence-electron chi connectivity index (χ2n) is 7.41. The van der Waals surface area contributed by atoms with Gasteiger partial charge in [0, 0.05) is 7.05 Å². The molecule has 1 fully saturated rings. The summed E-state index contributed by atoms with van der Waals surface area (Å²) in [5.41, 5.74) is -0.919. The zero-order valence-corrected chi connectivity index (χ0v) is 15.9. The van der Waals surface area contributed by atoms with Crippen LogP contribution in [-0.4, -0.2) is 48.9 Å². The minimum atomic E-state index is -0.667. The molecule has 132 valence electrons. The standard InChI is InChI=1S/C16H26N6OS/c1-12(24-14-18-19-20-22(14)15(2,3)4)13(23)21(5)16(11-17)9-7-6-8-10-16/h12H,6-10H2,1-5H3/t12-/m0/s1. The van der Waals surface area contributed by atoms with Crippen LogP contribution in [0.1, 0.15) is 59.8 Å². The lowest BCUT2D eigenvalue weighted by Gasteiger charge is -2.40. The third-order valence-electron chi connectivity index (χ3n) is 4.57. The predicted octanol–water partition coefficient (Wildman–Crippen LogP) is 2.59. The van der Waals surface area contributed by atoms with Gasteiger partial charge in [-0.15, -0.1) is 5.10 Å². The van der Waals surface area contributed by atoms with Crippen molar-refractivity contribution in [2.45, 2.75) is 81.3 Å². The number of thioether (sulfide) groups is 1. The number of hydrogen-bond donors (Lipinski definition) is 0. The molecule has 1 aromatic heterocycles. The molecule has 2 rings (SSSR count). The van der Waals surface area contributed by atoms with E-state index in [4.69, 9.17) is 0 Å². The Hall–Kier alpha value is -1.62. The van der Waals surface area contributed by atoms with E-state index in [0.29, 0.717) is 5.16 Å². The molecule has 0 N–H and O–H groups in total. The highest BCUT2D eigenvalue weighted by Crippen LogP contribution is 2.34. The molecule has 1 aliphatic carbocycles. The highest BCUT2D eigenvalue weighted by atomic mass is 32.2. The first-order valence-electron chi connectivity index (χ1n) is 8.36. The van der Waals surface area contributed by atoms with Gasteiger partial charge in [0.15, 0.2) is 0 Å². The number of hydrogen-bond acceptors (Lipinski definition) is 6. The van der Waals surface area contributed by atoms with Crippen molar-refractivity contribution < 1.29 is 4.79 Å². The van der Waals surface area contributed by atoms with Crippen LogP contribution in [0.4, 0.5) is 0 Å². The maximum absolute atomic E-state index is 12.9. The number of tetrazole rings is 1. The summed E-state index contributed by atoms with van der Waals surface area (Å²) in [4.78, 5) is 14.5. The molecule has 1 saturated carbocycles. The zero-order valence-electron chi connectivity index (χ0n) is 15.1. The monoisotopic (exact) mass is 350 g/mol. The Balaban J connectivity index is 2.12. The molecule has 0 spiro atoms. The molecule has 0 unspecified atom stereocenters. The highest BCUT2D eigenvalue weighted by molar-refractivity contribution is 8.00. The van der Waals surface area contributed by atoms with Gasteiger partial charge < -0.3 is 4.90 Å². The number of rotatable bonds is 4. The fourth-order valence-electron chi connectivity index (χ4n) is 3.02. The fourth-order valence-corrected chi connectivity index (χ4v) is 4.09. The van der Waals surface area contributed by atoms with Crippen molar-refractivity contribution >= 4 is 17.7 Å². The van der Waals surface area contributed by atoms with Gasteiger partial charge in [0.25, 0.3) is 0 Å². The molecular formula is C16H26N6OS. The maximum Gasteiger partial charge on any atom is 0.236 e. The van der Waals surface area contributed by atoms with Gasteiger partial charge in [-0.2, -0.15) is 5.26 Å². The largest absolute Gasteiger partial charge is 0.326 e. The van der Waals surface area contributed by atoms with Gasteiger partial charge in [-0.3, -0.25) is 4.79 Å². The lowest BCUT2D eigenvalue weighted by molar-refractivity contribution is -0.133. The second-order valence-corrected chi connectivity index (χ2v) is 8.71. The summed E-state index contributed by atoms with van der Waals surface area (Å²) in [7, 11) is 1.75. The molecular weight excluding hydrogens is 324 g/mol. The third kappa shape index (κ3) is 3.72. The Bertz CT molecular complexity index is 623. The number of nitrogens with zero attached hydrogens (tertiary/aromatic N) is 6. The summed E-state index contributed by atoms with van der Waals surface area (Å²) in [5.74, 6) is -0.0492. The van der Waals surface area contributed by atoms with Crippen molar-refractivity contribution in [1.82, 2.24) is 25.1 Å². The average molecular weight is 350 g/mol. The summed E-state index contributed by atoms with van der Waals surface area (Å²) in [6.07, 6.45) is 4.63. The van der Waals surface area contributed by atoms with Crippen LogP contribution in [0.3, 0.4) is 0 Å². The fraction of sp³-hybridized carbons (Fsp3) is 0.812. The van der Waals surface area contributed by atoms with E-state index in [9.17, 15) is 10.1 Å². The molecule has 0 aliphatic heterocycles. The Morgan fingerprint density at radius 3 is 2.54 bits per heavy atom. The van der Waals surface area contributed by atoms with E-state index >= 15 is 0 Å².